The van der Waals surface area contributed by atoms with Crippen molar-refractivity contribution < 1.29 is 0 Å². The van der Waals surface area contributed by atoms with Gasteiger partial charge in [-0.15, -0.1) is 0 Å². The molecule has 0 radical (unpaired) electrons. The van der Waals surface area contributed by atoms with Crippen LogP contribution in [0.1, 0.15) is 5.56 Å². The number of hydrogen-bond acceptors (Lipinski definition) is 3. The van der Waals surface area contributed by atoms with E-state index in [1.807, 2.05) is 12.1 Å². The molecule has 1 aromatic heterocycles. The Morgan fingerprint density at radius 3 is 2.68 bits per heavy atom. The van der Waals surface area contributed by atoms with Crippen LogP contribution in [-0.2, 0) is 0 Å². The maximum absolute atomic E-state index is 6.14. The summed E-state index contributed by atoms with van der Waals surface area (Å²) in [5, 5.41) is 1.24. The molecule has 19 heavy (non-hydrogen) atoms. The fourth-order valence-electron chi connectivity index (χ4n) is 1.68. The van der Waals surface area contributed by atoms with Crippen LogP contribution in [-0.4, -0.2) is 17.2 Å². The van der Waals surface area contributed by atoms with Crippen LogP contribution >= 0.6 is 34.8 Å². The van der Waals surface area contributed by atoms with Gasteiger partial charge in [-0.25, -0.2) is 0 Å². The van der Waals surface area contributed by atoms with Crippen LogP contribution in [0.15, 0.2) is 35.5 Å². The highest BCUT2D eigenvalue weighted by Crippen LogP contribution is 2.33. The van der Waals surface area contributed by atoms with E-state index in [0.29, 0.717) is 37.7 Å². The Morgan fingerprint density at radius 2 is 2.05 bits per heavy atom. The molecule has 98 valence electrons. The summed E-state index contributed by atoms with van der Waals surface area (Å²) in [7, 11) is 1.60. The molecule has 0 amide bonds. The first-order chi connectivity index (χ1) is 9.04. The number of para-hydroxylation sites is 1. The third-order valence-corrected chi connectivity index (χ3v) is 3.46. The Labute approximate surface area is 126 Å². The number of halogens is 3. The molecule has 3 nitrogen and oxygen atoms in total. The van der Waals surface area contributed by atoms with Gasteiger partial charge in [-0.2, -0.15) is 0 Å². The number of nitrogens with zero attached hydrogens (tertiary/aromatic N) is 2. The molecule has 1 aromatic carbocycles. The number of nitrogen functional groups attached to an aromatic ring is 1. The second-order valence-corrected chi connectivity index (χ2v) is 4.97. The Balaban J connectivity index is 2.63. The summed E-state index contributed by atoms with van der Waals surface area (Å²) in [6.07, 6.45) is 1.52. The molecule has 0 fully saturated rings. The number of aromatic nitrogens is 1. The van der Waals surface area contributed by atoms with Crippen LogP contribution in [0, 0.1) is 0 Å². The molecule has 2 aromatic rings. The van der Waals surface area contributed by atoms with Gasteiger partial charge in [0.25, 0.3) is 0 Å². The van der Waals surface area contributed by atoms with E-state index in [4.69, 9.17) is 40.5 Å². The Morgan fingerprint density at radius 1 is 1.32 bits per heavy atom. The van der Waals surface area contributed by atoms with E-state index in [1.165, 1.54) is 6.20 Å². The predicted octanol–water partition coefficient (Wildman–Crippen LogP) is 4.25. The van der Waals surface area contributed by atoms with Crippen LogP contribution in [0.4, 0.5) is 5.69 Å². The zero-order valence-electron chi connectivity index (χ0n) is 9.99. The summed E-state index contributed by atoms with van der Waals surface area (Å²) in [5.74, 6) is 0. The van der Waals surface area contributed by atoms with Crippen molar-refractivity contribution >= 4 is 45.7 Å². The van der Waals surface area contributed by atoms with E-state index in [2.05, 4.69) is 9.98 Å². The molecule has 2 rings (SSSR count). The molecule has 0 spiro atoms. The molecule has 2 N–H and O–H groups in total. The first-order valence-electron chi connectivity index (χ1n) is 5.37. The number of pyridine rings is 1. The number of benzene rings is 1. The first-order valence-corrected chi connectivity index (χ1v) is 6.50. The Bertz CT molecular complexity index is 654. The molecule has 6 heteroatoms. The van der Waals surface area contributed by atoms with E-state index in [9.17, 15) is 0 Å². The Hall–Kier alpha value is -1.29. The fourth-order valence-corrected chi connectivity index (χ4v) is 2.33. The second-order valence-electron chi connectivity index (χ2n) is 3.77. The summed E-state index contributed by atoms with van der Waals surface area (Å²) >= 11 is 18.0. The highest BCUT2D eigenvalue weighted by molar-refractivity contribution is 6.70. The normalized spacial score (nSPS) is 11.7. The van der Waals surface area contributed by atoms with Crippen LogP contribution in [0.25, 0.3) is 11.3 Å². The molecule has 0 aliphatic rings. The molecule has 0 aliphatic heterocycles. The number of aliphatic imine (C=N–C) groups is 1. The molecular weight excluding hydrogens is 305 g/mol. The molecule has 1 heterocycles. The third kappa shape index (κ3) is 2.84. The SMILES string of the molecule is CN=C(Cl)c1cccc(-c2ncc(Cl)cc2Cl)c1N. The first kappa shape index (κ1) is 14.1. The van der Waals surface area contributed by atoms with Crippen LogP contribution < -0.4 is 5.73 Å². The monoisotopic (exact) mass is 313 g/mol. The highest BCUT2D eigenvalue weighted by atomic mass is 35.5. The lowest BCUT2D eigenvalue weighted by atomic mass is 10.0. The lowest BCUT2D eigenvalue weighted by Gasteiger charge is -2.10. The average molecular weight is 315 g/mol. The summed E-state index contributed by atoms with van der Waals surface area (Å²) in [4.78, 5) is 8.13. The van der Waals surface area contributed by atoms with Crippen molar-refractivity contribution in [3.05, 3.63) is 46.1 Å². The van der Waals surface area contributed by atoms with Crippen LogP contribution in [0.3, 0.4) is 0 Å². The van der Waals surface area contributed by atoms with Gasteiger partial charge in [0.15, 0.2) is 0 Å². The topological polar surface area (TPSA) is 51.3 Å². The number of anilines is 1. The Kier molecular flexibility index (Phi) is 4.30. The summed E-state index contributed by atoms with van der Waals surface area (Å²) in [5.41, 5.74) is 8.49. The average Bonchev–Trinajstić information content (AvgIpc) is 2.39. The molecule has 0 aliphatic carbocycles. The third-order valence-electron chi connectivity index (χ3n) is 2.59. The number of hydrogen-bond donors (Lipinski definition) is 1. The van der Waals surface area contributed by atoms with Crippen LogP contribution in [0.5, 0.6) is 0 Å². The van der Waals surface area contributed by atoms with Crippen molar-refractivity contribution in [3.63, 3.8) is 0 Å². The van der Waals surface area contributed by atoms with Crippen LogP contribution in [0.2, 0.25) is 10.0 Å². The molecule has 0 saturated heterocycles. The lowest BCUT2D eigenvalue weighted by molar-refractivity contribution is 1.32. The van der Waals surface area contributed by atoms with Gasteiger partial charge < -0.3 is 5.73 Å². The smallest absolute Gasteiger partial charge is 0.132 e. The van der Waals surface area contributed by atoms with E-state index in [-0.39, 0.29) is 0 Å². The van der Waals surface area contributed by atoms with Gasteiger partial charge in [0.05, 0.1) is 21.4 Å². The van der Waals surface area contributed by atoms with E-state index >= 15 is 0 Å². The minimum atomic E-state index is 0.337. The maximum atomic E-state index is 6.14. The van der Waals surface area contributed by atoms with E-state index in [0.717, 1.165) is 0 Å². The fraction of sp³-hybridized carbons (Fsp3) is 0.0769. The van der Waals surface area contributed by atoms with Gasteiger partial charge in [0.2, 0.25) is 0 Å². The zero-order valence-corrected chi connectivity index (χ0v) is 12.3. The molecule has 0 atom stereocenters. The maximum Gasteiger partial charge on any atom is 0.132 e. The summed E-state index contributed by atoms with van der Waals surface area (Å²) in [6, 6.07) is 7.05. The lowest BCUT2D eigenvalue weighted by Crippen LogP contribution is -2.01. The predicted molar refractivity (Wildman–Crippen MR) is 82.4 cm³/mol. The highest BCUT2D eigenvalue weighted by Gasteiger charge is 2.13. The minimum absolute atomic E-state index is 0.337. The summed E-state index contributed by atoms with van der Waals surface area (Å²) < 4.78 is 0. The molecule has 0 saturated carbocycles. The quantitative estimate of drug-likeness (QED) is 0.665. The van der Waals surface area contributed by atoms with Gasteiger partial charge in [-0.3, -0.25) is 9.98 Å². The minimum Gasteiger partial charge on any atom is -0.398 e. The van der Waals surface area contributed by atoms with Gasteiger partial charge >= 0.3 is 0 Å². The molecule has 0 bridgehead atoms. The van der Waals surface area contributed by atoms with Crippen molar-refractivity contribution in [2.45, 2.75) is 0 Å². The van der Waals surface area contributed by atoms with Crippen molar-refractivity contribution in [3.8, 4) is 11.3 Å². The van der Waals surface area contributed by atoms with E-state index < -0.39 is 0 Å². The molecule has 0 unspecified atom stereocenters. The van der Waals surface area contributed by atoms with Crippen molar-refractivity contribution in [1.82, 2.24) is 4.98 Å². The van der Waals surface area contributed by atoms with Crippen molar-refractivity contribution in [1.29, 1.82) is 0 Å². The number of nitrogens with two attached hydrogens (primary N) is 1. The van der Waals surface area contributed by atoms with Gasteiger partial charge in [0.1, 0.15) is 5.17 Å². The second kappa shape index (κ2) is 5.78. The zero-order chi connectivity index (χ0) is 14.0. The van der Waals surface area contributed by atoms with Crippen molar-refractivity contribution in [2.75, 3.05) is 12.8 Å². The van der Waals surface area contributed by atoms with Gasteiger partial charge in [-0.05, 0) is 12.1 Å². The number of rotatable bonds is 2. The van der Waals surface area contributed by atoms with Crippen molar-refractivity contribution in [2.24, 2.45) is 4.99 Å². The van der Waals surface area contributed by atoms with Gasteiger partial charge in [-0.1, -0.05) is 46.9 Å². The van der Waals surface area contributed by atoms with E-state index in [1.54, 1.807) is 19.2 Å². The largest absolute Gasteiger partial charge is 0.398 e. The standard InChI is InChI=1S/C13H10Cl3N3/c1-18-13(16)9-4-2-3-8(11(9)17)12-10(15)5-7(14)6-19-12/h2-6H,17H2,1H3. The summed E-state index contributed by atoms with van der Waals surface area (Å²) in [6.45, 7) is 0. The molecular formula is C13H10Cl3N3. The van der Waals surface area contributed by atoms with Gasteiger partial charge in [0, 0.05) is 24.4 Å².